The average molecular weight is 332 g/mol. The molecule has 0 unspecified atom stereocenters. The molecule has 1 aromatic heterocycles. The highest BCUT2D eigenvalue weighted by Crippen LogP contribution is 2.22. The zero-order valence-electron chi connectivity index (χ0n) is 12.4. The fourth-order valence-corrected chi connectivity index (χ4v) is 3.17. The Labute approximate surface area is 136 Å². The van der Waals surface area contributed by atoms with E-state index in [1.54, 1.807) is 6.07 Å². The molecule has 2 rings (SSSR count). The van der Waals surface area contributed by atoms with Gasteiger partial charge in [0.2, 0.25) is 0 Å². The van der Waals surface area contributed by atoms with Crippen LogP contribution >= 0.6 is 23.2 Å². The molecule has 0 aromatic carbocycles. The number of hydrogen-bond acceptors (Lipinski definition) is 2. The lowest BCUT2D eigenvalue weighted by atomic mass is 9.94. The molecule has 1 aliphatic carbocycles. The van der Waals surface area contributed by atoms with Gasteiger partial charge < -0.3 is 15.2 Å². The SMILES string of the molecule is CN(CCCNC(=O)c1cc(Cl)c(Cl)[nH]1)C1CCCCC1. The van der Waals surface area contributed by atoms with E-state index in [0.717, 1.165) is 19.0 Å². The van der Waals surface area contributed by atoms with Crippen LogP contribution in [0, 0.1) is 0 Å². The highest BCUT2D eigenvalue weighted by molar-refractivity contribution is 6.41. The maximum absolute atomic E-state index is 11.9. The van der Waals surface area contributed by atoms with Crippen molar-refractivity contribution in [2.75, 3.05) is 20.1 Å². The second kappa shape index (κ2) is 8.06. The Morgan fingerprint density at radius 2 is 2.10 bits per heavy atom. The smallest absolute Gasteiger partial charge is 0.267 e. The van der Waals surface area contributed by atoms with Gasteiger partial charge in [-0.05, 0) is 38.9 Å². The van der Waals surface area contributed by atoms with Crippen molar-refractivity contribution in [3.63, 3.8) is 0 Å². The summed E-state index contributed by atoms with van der Waals surface area (Å²) in [5.74, 6) is -0.163. The molecule has 0 atom stereocenters. The lowest BCUT2D eigenvalue weighted by Crippen LogP contribution is -2.35. The van der Waals surface area contributed by atoms with E-state index in [9.17, 15) is 4.79 Å². The zero-order chi connectivity index (χ0) is 15.2. The van der Waals surface area contributed by atoms with Gasteiger partial charge in [0.15, 0.2) is 0 Å². The number of aromatic amines is 1. The van der Waals surface area contributed by atoms with Crippen molar-refractivity contribution in [3.05, 3.63) is 21.9 Å². The summed E-state index contributed by atoms with van der Waals surface area (Å²) >= 11 is 11.6. The van der Waals surface area contributed by atoms with E-state index in [1.807, 2.05) is 0 Å². The number of nitrogens with one attached hydrogen (secondary N) is 2. The third-order valence-corrected chi connectivity index (χ3v) is 4.83. The van der Waals surface area contributed by atoms with Crippen molar-refractivity contribution in [3.8, 4) is 0 Å². The summed E-state index contributed by atoms with van der Waals surface area (Å²) < 4.78 is 0. The summed E-state index contributed by atoms with van der Waals surface area (Å²) in [7, 11) is 2.18. The van der Waals surface area contributed by atoms with Crippen molar-refractivity contribution in [1.29, 1.82) is 0 Å². The summed E-state index contributed by atoms with van der Waals surface area (Å²) in [6.07, 6.45) is 7.63. The molecule has 118 valence electrons. The van der Waals surface area contributed by atoms with Crippen molar-refractivity contribution in [2.24, 2.45) is 0 Å². The minimum Gasteiger partial charge on any atom is -0.351 e. The predicted octanol–water partition coefficient (Wildman–Crippen LogP) is 3.71. The van der Waals surface area contributed by atoms with Crippen molar-refractivity contribution in [1.82, 2.24) is 15.2 Å². The molecule has 0 aliphatic heterocycles. The molecule has 0 saturated heterocycles. The average Bonchev–Trinajstić information content (AvgIpc) is 2.84. The first kappa shape index (κ1) is 16.7. The lowest BCUT2D eigenvalue weighted by Gasteiger charge is -2.31. The number of carbonyl (C=O) groups is 1. The molecule has 6 heteroatoms. The molecule has 21 heavy (non-hydrogen) atoms. The molecular weight excluding hydrogens is 309 g/mol. The molecule has 0 bridgehead atoms. The Morgan fingerprint density at radius 1 is 1.38 bits per heavy atom. The van der Waals surface area contributed by atoms with Gasteiger partial charge in [0, 0.05) is 12.6 Å². The van der Waals surface area contributed by atoms with Crippen LogP contribution in [0.1, 0.15) is 49.0 Å². The second-order valence-corrected chi connectivity index (χ2v) is 6.51. The topological polar surface area (TPSA) is 48.1 Å². The van der Waals surface area contributed by atoms with Gasteiger partial charge >= 0.3 is 0 Å². The number of aromatic nitrogens is 1. The van der Waals surface area contributed by atoms with Crippen molar-refractivity contribution >= 4 is 29.1 Å². The molecule has 1 aliphatic rings. The van der Waals surface area contributed by atoms with E-state index in [1.165, 1.54) is 32.1 Å². The molecule has 1 heterocycles. The summed E-state index contributed by atoms with van der Waals surface area (Å²) in [5.41, 5.74) is 0.408. The maximum atomic E-state index is 11.9. The number of hydrogen-bond donors (Lipinski definition) is 2. The quantitative estimate of drug-likeness (QED) is 0.780. The fourth-order valence-electron chi connectivity index (χ4n) is 2.86. The van der Waals surface area contributed by atoms with Crippen molar-refractivity contribution in [2.45, 2.75) is 44.6 Å². The first-order valence-electron chi connectivity index (χ1n) is 7.60. The van der Waals surface area contributed by atoms with Gasteiger partial charge in [-0.25, -0.2) is 0 Å². The van der Waals surface area contributed by atoms with Crippen LogP contribution in [0.2, 0.25) is 10.2 Å². The lowest BCUT2D eigenvalue weighted by molar-refractivity contribution is 0.0946. The number of halogens is 2. The van der Waals surface area contributed by atoms with Gasteiger partial charge in [-0.15, -0.1) is 0 Å². The van der Waals surface area contributed by atoms with Crippen LogP contribution < -0.4 is 5.32 Å². The summed E-state index contributed by atoms with van der Waals surface area (Å²) in [4.78, 5) is 17.1. The molecule has 1 fully saturated rings. The number of H-pyrrole nitrogens is 1. The minimum absolute atomic E-state index is 0.163. The first-order valence-corrected chi connectivity index (χ1v) is 8.36. The number of amides is 1. The number of carbonyl (C=O) groups excluding carboxylic acids is 1. The van der Waals surface area contributed by atoms with E-state index in [4.69, 9.17) is 23.2 Å². The third kappa shape index (κ3) is 4.90. The Morgan fingerprint density at radius 3 is 2.71 bits per heavy atom. The molecule has 0 radical (unpaired) electrons. The highest BCUT2D eigenvalue weighted by atomic mass is 35.5. The molecular formula is C15H23Cl2N3O. The van der Waals surface area contributed by atoms with E-state index >= 15 is 0 Å². The van der Waals surface area contributed by atoms with E-state index in [2.05, 4.69) is 22.2 Å². The predicted molar refractivity (Wildman–Crippen MR) is 87.3 cm³/mol. The van der Waals surface area contributed by atoms with Gasteiger partial charge in [-0.2, -0.15) is 0 Å². The minimum atomic E-state index is -0.163. The van der Waals surface area contributed by atoms with E-state index in [0.29, 0.717) is 22.4 Å². The van der Waals surface area contributed by atoms with E-state index < -0.39 is 0 Å². The van der Waals surface area contributed by atoms with Gasteiger partial charge in [0.1, 0.15) is 10.8 Å². The maximum Gasteiger partial charge on any atom is 0.267 e. The van der Waals surface area contributed by atoms with Gasteiger partial charge in [-0.1, -0.05) is 42.5 Å². The number of nitrogens with zero attached hydrogens (tertiary/aromatic N) is 1. The van der Waals surface area contributed by atoms with Crippen LogP contribution in [-0.4, -0.2) is 42.0 Å². The van der Waals surface area contributed by atoms with Gasteiger partial charge in [-0.3, -0.25) is 4.79 Å². The zero-order valence-corrected chi connectivity index (χ0v) is 13.9. The van der Waals surface area contributed by atoms with Crippen LogP contribution in [0.4, 0.5) is 0 Å². The van der Waals surface area contributed by atoms with Crippen LogP contribution in [0.15, 0.2) is 6.07 Å². The Balaban J connectivity index is 1.66. The summed E-state index contributed by atoms with van der Waals surface area (Å²) in [6.45, 7) is 1.67. The highest BCUT2D eigenvalue weighted by Gasteiger charge is 2.17. The molecule has 1 amide bonds. The monoisotopic (exact) mass is 331 g/mol. The molecule has 1 aromatic rings. The normalized spacial score (nSPS) is 16.4. The Hall–Kier alpha value is -0.710. The second-order valence-electron chi connectivity index (χ2n) is 5.73. The number of rotatable bonds is 6. The largest absolute Gasteiger partial charge is 0.351 e. The van der Waals surface area contributed by atoms with Crippen LogP contribution in [0.5, 0.6) is 0 Å². The molecule has 0 spiro atoms. The molecule has 1 saturated carbocycles. The van der Waals surface area contributed by atoms with Crippen LogP contribution in [0.3, 0.4) is 0 Å². The molecule has 4 nitrogen and oxygen atoms in total. The Kier molecular flexibility index (Phi) is 6.40. The third-order valence-electron chi connectivity index (χ3n) is 4.14. The van der Waals surface area contributed by atoms with Crippen LogP contribution in [-0.2, 0) is 0 Å². The van der Waals surface area contributed by atoms with Crippen molar-refractivity contribution < 1.29 is 4.79 Å². The first-order chi connectivity index (χ1) is 10.1. The summed E-state index contributed by atoms with van der Waals surface area (Å²) in [6, 6.07) is 2.27. The van der Waals surface area contributed by atoms with Gasteiger partial charge in [0.05, 0.1) is 5.02 Å². The van der Waals surface area contributed by atoms with Crippen LogP contribution in [0.25, 0.3) is 0 Å². The molecule has 2 N–H and O–H groups in total. The fraction of sp³-hybridized carbons (Fsp3) is 0.667. The Bertz CT molecular complexity index is 450. The standard InChI is InChI=1S/C15H23Cl2N3O/c1-20(11-6-3-2-4-7-11)9-5-8-18-15(21)13-10-12(16)14(17)19-13/h10-11,19H,2-9H2,1H3,(H,18,21). The van der Waals surface area contributed by atoms with E-state index in [-0.39, 0.29) is 5.91 Å². The summed E-state index contributed by atoms with van der Waals surface area (Å²) in [5, 5.41) is 3.56. The van der Waals surface area contributed by atoms with Gasteiger partial charge in [0.25, 0.3) is 5.91 Å².